The van der Waals surface area contributed by atoms with Crippen LogP contribution < -0.4 is 21.3 Å². The SMILES string of the molecule is NC(=O)C(CCC(F)(F)F)C(CCC(F)(F)F)C(=O)NC1CN(c2cccc(C3CC3)c2)c2cccc(Cl)c2NC1=O. The Kier molecular flexibility index (Phi) is 9.29. The molecular formula is C28H29ClF6N4O3. The van der Waals surface area contributed by atoms with Crippen molar-refractivity contribution in [2.45, 2.75) is 62.8 Å². The number of alkyl halides is 6. The summed E-state index contributed by atoms with van der Waals surface area (Å²) in [5.74, 6) is -6.60. The van der Waals surface area contributed by atoms with Crippen molar-refractivity contribution in [3.05, 3.63) is 53.1 Å². The molecule has 1 aliphatic heterocycles. The van der Waals surface area contributed by atoms with Crippen LogP contribution in [0, 0.1) is 11.8 Å². The Bertz CT molecular complexity index is 1330. The number of nitrogens with one attached hydrogen (secondary N) is 2. The number of nitrogens with zero attached hydrogens (tertiary/aromatic N) is 1. The summed E-state index contributed by atoms with van der Waals surface area (Å²) in [5.41, 5.74) is 7.74. The quantitative estimate of drug-likeness (QED) is 0.276. The van der Waals surface area contributed by atoms with Gasteiger partial charge in [-0.1, -0.05) is 29.8 Å². The van der Waals surface area contributed by atoms with Crippen LogP contribution in [0.5, 0.6) is 0 Å². The predicted molar refractivity (Wildman–Crippen MR) is 144 cm³/mol. The molecule has 1 aliphatic carbocycles. The molecule has 42 heavy (non-hydrogen) atoms. The lowest BCUT2D eigenvalue weighted by Gasteiger charge is -2.30. The zero-order valence-electron chi connectivity index (χ0n) is 22.2. The third kappa shape index (κ3) is 8.08. The Labute approximate surface area is 242 Å². The van der Waals surface area contributed by atoms with Crippen LogP contribution in [0.25, 0.3) is 0 Å². The molecule has 1 saturated carbocycles. The maximum absolute atomic E-state index is 13.4. The van der Waals surface area contributed by atoms with Crippen molar-refractivity contribution >= 4 is 46.4 Å². The van der Waals surface area contributed by atoms with Crippen LogP contribution in [0.2, 0.25) is 5.02 Å². The lowest BCUT2D eigenvalue weighted by Crippen LogP contribution is -2.52. The topological polar surface area (TPSA) is 105 Å². The summed E-state index contributed by atoms with van der Waals surface area (Å²) >= 11 is 6.38. The number of primary amides is 1. The number of hydrogen-bond donors (Lipinski definition) is 3. The van der Waals surface area contributed by atoms with E-state index in [9.17, 15) is 40.7 Å². The molecule has 0 bridgehead atoms. The number of halogens is 7. The predicted octanol–water partition coefficient (Wildman–Crippen LogP) is 6.20. The summed E-state index contributed by atoms with van der Waals surface area (Å²) in [6.45, 7) is -0.186. The molecule has 1 heterocycles. The minimum atomic E-state index is -4.76. The van der Waals surface area contributed by atoms with Crippen molar-refractivity contribution in [2.24, 2.45) is 17.6 Å². The molecule has 2 aliphatic rings. The van der Waals surface area contributed by atoms with Crippen LogP contribution in [-0.4, -0.2) is 42.7 Å². The number of hydrogen-bond acceptors (Lipinski definition) is 4. The fraction of sp³-hybridized carbons (Fsp3) is 0.464. The molecule has 4 N–H and O–H groups in total. The first-order chi connectivity index (χ1) is 19.6. The van der Waals surface area contributed by atoms with E-state index >= 15 is 0 Å². The first-order valence-electron chi connectivity index (χ1n) is 13.3. The highest BCUT2D eigenvalue weighted by Gasteiger charge is 2.41. The van der Waals surface area contributed by atoms with Crippen molar-refractivity contribution in [1.29, 1.82) is 0 Å². The van der Waals surface area contributed by atoms with Crippen molar-refractivity contribution in [2.75, 3.05) is 16.8 Å². The summed E-state index contributed by atoms with van der Waals surface area (Å²) in [4.78, 5) is 40.5. The Morgan fingerprint density at radius 1 is 1.00 bits per heavy atom. The number of carbonyl (C=O) groups is 3. The summed E-state index contributed by atoms with van der Waals surface area (Å²) in [6.07, 6.45) is -12.5. The molecule has 1 fully saturated rings. The fourth-order valence-corrected chi connectivity index (χ4v) is 5.35. The lowest BCUT2D eigenvalue weighted by atomic mass is 9.83. The van der Waals surface area contributed by atoms with Gasteiger partial charge in [0, 0.05) is 30.4 Å². The van der Waals surface area contributed by atoms with E-state index in [1.165, 1.54) is 0 Å². The first-order valence-corrected chi connectivity index (χ1v) is 13.7. The number of fused-ring (bicyclic) bond motifs is 1. The van der Waals surface area contributed by atoms with E-state index in [1.807, 2.05) is 18.2 Å². The van der Waals surface area contributed by atoms with Gasteiger partial charge in [0.15, 0.2) is 0 Å². The molecule has 0 radical (unpaired) electrons. The van der Waals surface area contributed by atoms with Crippen LogP contribution in [0.15, 0.2) is 42.5 Å². The Balaban J connectivity index is 1.65. The van der Waals surface area contributed by atoms with E-state index in [0.717, 1.165) is 18.4 Å². The van der Waals surface area contributed by atoms with Gasteiger partial charge in [-0.25, -0.2) is 0 Å². The minimum Gasteiger partial charge on any atom is -0.369 e. The first kappa shape index (κ1) is 31.5. The highest BCUT2D eigenvalue weighted by atomic mass is 35.5. The number of benzene rings is 2. The molecule has 7 nitrogen and oxygen atoms in total. The van der Waals surface area contributed by atoms with Gasteiger partial charge >= 0.3 is 12.4 Å². The monoisotopic (exact) mass is 618 g/mol. The molecule has 2 aromatic carbocycles. The van der Waals surface area contributed by atoms with Crippen LogP contribution >= 0.6 is 11.6 Å². The lowest BCUT2D eigenvalue weighted by molar-refractivity contribution is -0.152. The van der Waals surface area contributed by atoms with E-state index in [1.54, 1.807) is 29.2 Å². The number of para-hydroxylation sites is 1. The molecular weight excluding hydrogens is 590 g/mol. The van der Waals surface area contributed by atoms with Crippen LogP contribution in [0.3, 0.4) is 0 Å². The van der Waals surface area contributed by atoms with E-state index < -0.39 is 73.6 Å². The zero-order valence-corrected chi connectivity index (χ0v) is 23.0. The maximum atomic E-state index is 13.4. The molecule has 3 unspecified atom stereocenters. The smallest absolute Gasteiger partial charge is 0.369 e. The van der Waals surface area contributed by atoms with E-state index in [-0.39, 0.29) is 17.3 Å². The molecule has 3 amide bonds. The van der Waals surface area contributed by atoms with Crippen LogP contribution in [0.4, 0.5) is 43.4 Å². The second kappa shape index (κ2) is 12.4. The number of nitrogens with two attached hydrogens (primary N) is 1. The van der Waals surface area contributed by atoms with E-state index in [4.69, 9.17) is 17.3 Å². The van der Waals surface area contributed by atoms with Gasteiger partial charge in [-0.3, -0.25) is 14.4 Å². The molecule has 3 atom stereocenters. The van der Waals surface area contributed by atoms with Gasteiger partial charge < -0.3 is 21.3 Å². The van der Waals surface area contributed by atoms with Gasteiger partial charge in [0.05, 0.1) is 22.9 Å². The zero-order chi connectivity index (χ0) is 30.8. The van der Waals surface area contributed by atoms with Crippen molar-refractivity contribution in [1.82, 2.24) is 5.32 Å². The third-order valence-corrected chi connectivity index (χ3v) is 7.74. The van der Waals surface area contributed by atoms with Crippen molar-refractivity contribution in [3.63, 3.8) is 0 Å². The molecule has 0 saturated heterocycles. The Morgan fingerprint density at radius 3 is 2.21 bits per heavy atom. The molecule has 228 valence electrons. The average molecular weight is 619 g/mol. The van der Waals surface area contributed by atoms with Crippen molar-refractivity contribution in [3.8, 4) is 0 Å². The second-order valence-corrected chi connectivity index (χ2v) is 11.0. The van der Waals surface area contributed by atoms with Gasteiger partial charge in [0.25, 0.3) is 0 Å². The molecule has 4 rings (SSSR count). The Morgan fingerprint density at radius 2 is 1.62 bits per heavy atom. The standard InChI is InChI=1S/C28H29ClF6N4O3/c29-20-5-2-6-22-23(20)38-26(42)21(14-39(22)17-4-1-3-16(13-17)15-7-8-15)37-25(41)19(10-12-28(33,34)35)18(24(36)40)9-11-27(30,31)32/h1-6,13,15,18-19,21H,7-12,14H2,(H2,36,40)(H,37,41)(H,38,42). The number of anilines is 3. The van der Waals surface area contributed by atoms with E-state index in [2.05, 4.69) is 10.6 Å². The molecule has 0 aromatic heterocycles. The van der Waals surface area contributed by atoms with Crippen molar-refractivity contribution < 1.29 is 40.7 Å². The fourth-order valence-electron chi connectivity index (χ4n) is 5.13. The van der Waals surface area contributed by atoms with Gasteiger partial charge in [0.1, 0.15) is 6.04 Å². The molecule has 2 aromatic rings. The Hall–Kier alpha value is -3.48. The third-order valence-electron chi connectivity index (χ3n) is 7.42. The highest BCUT2D eigenvalue weighted by molar-refractivity contribution is 6.34. The second-order valence-electron chi connectivity index (χ2n) is 10.6. The average Bonchev–Trinajstić information content (AvgIpc) is 3.74. The van der Waals surface area contributed by atoms with Gasteiger partial charge in [-0.2, -0.15) is 26.3 Å². The molecule has 0 spiro atoms. The largest absolute Gasteiger partial charge is 0.389 e. The van der Waals surface area contributed by atoms with Crippen LogP contribution in [-0.2, 0) is 14.4 Å². The normalized spacial score (nSPS) is 18.9. The summed E-state index contributed by atoms with van der Waals surface area (Å²) < 4.78 is 78.1. The van der Waals surface area contributed by atoms with Crippen LogP contribution in [0.1, 0.15) is 50.0 Å². The summed E-state index contributed by atoms with van der Waals surface area (Å²) in [7, 11) is 0. The van der Waals surface area contributed by atoms with Gasteiger partial charge in [0.2, 0.25) is 17.7 Å². The summed E-state index contributed by atoms with van der Waals surface area (Å²) in [6, 6.07) is 11.1. The van der Waals surface area contributed by atoms with E-state index in [0.29, 0.717) is 17.3 Å². The summed E-state index contributed by atoms with van der Waals surface area (Å²) in [5, 5.41) is 5.22. The number of rotatable bonds is 10. The number of carbonyl (C=O) groups excluding carboxylic acids is 3. The minimum absolute atomic E-state index is 0.186. The van der Waals surface area contributed by atoms with Gasteiger partial charge in [-0.05, 0) is 61.4 Å². The van der Waals surface area contributed by atoms with Gasteiger partial charge in [-0.15, -0.1) is 0 Å². The molecule has 14 heteroatoms. The number of amides is 3. The highest BCUT2D eigenvalue weighted by Crippen LogP contribution is 2.43. The maximum Gasteiger partial charge on any atom is 0.389 e.